The van der Waals surface area contributed by atoms with Gasteiger partial charge in [-0.15, -0.1) is 0 Å². The lowest BCUT2D eigenvalue weighted by Gasteiger charge is -2.19. The van der Waals surface area contributed by atoms with Gasteiger partial charge in [0.25, 0.3) is 0 Å². The number of halogens is 7. The Hall–Kier alpha value is -0.800. The fraction of sp³-hybridized carbons (Fsp3) is 0.300. The molecule has 0 N–H and O–H groups in total. The van der Waals surface area contributed by atoms with Gasteiger partial charge in [-0.1, -0.05) is 0 Å². The largest absolute Gasteiger partial charge is 0.417 e. The molecule has 0 heterocycles. The minimum Gasteiger partial charge on any atom is -0.294 e. The van der Waals surface area contributed by atoms with Crippen LogP contribution in [0.2, 0.25) is 0 Å². The van der Waals surface area contributed by atoms with Crippen molar-refractivity contribution in [3.8, 4) is 0 Å². The zero-order valence-corrected chi connectivity index (χ0v) is 10.9. The summed E-state index contributed by atoms with van der Waals surface area (Å²) in [7, 11) is 0. The van der Waals surface area contributed by atoms with Crippen molar-refractivity contribution in [1.29, 1.82) is 0 Å². The van der Waals surface area contributed by atoms with E-state index >= 15 is 0 Å². The maximum absolute atomic E-state index is 12.7. The summed E-state index contributed by atoms with van der Waals surface area (Å²) < 4.78 is 75.6. The summed E-state index contributed by atoms with van der Waals surface area (Å²) in [5.74, 6) is -1.06. The summed E-state index contributed by atoms with van der Waals surface area (Å²) in [6.45, 7) is 0.799. The van der Waals surface area contributed by atoms with Crippen LogP contribution in [0.25, 0.3) is 0 Å². The number of benzene rings is 1. The molecule has 0 atom stereocenters. The molecule has 1 aromatic rings. The lowest BCUT2D eigenvalue weighted by Crippen LogP contribution is -2.21. The van der Waals surface area contributed by atoms with Crippen molar-refractivity contribution in [3.05, 3.63) is 32.4 Å². The third-order valence-electron chi connectivity index (χ3n) is 2.10. The summed E-state index contributed by atoms with van der Waals surface area (Å²) in [6, 6.07) is 1.17. The van der Waals surface area contributed by atoms with Crippen LogP contribution in [0.1, 0.15) is 28.4 Å². The highest BCUT2D eigenvalue weighted by atomic mass is 127. The van der Waals surface area contributed by atoms with E-state index in [1.54, 1.807) is 0 Å². The van der Waals surface area contributed by atoms with E-state index in [-0.39, 0.29) is 3.57 Å². The summed E-state index contributed by atoms with van der Waals surface area (Å²) in [6.07, 6.45) is -10.4. The van der Waals surface area contributed by atoms with Gasteiger partial charge in [0, 0.05) is 9.13 Å². The van der Waals surface area contributed by atoms with Crippen molar-refractivity contribution in [2.45, 2.75) is 19.3 Å². The Bertz CT molecular complexity index is 488. The first-order chi connectivity index (χ1) is 7.96. The monoisotopic (exact) mass is 382 g/mol. The molecular weight excluding hydrogens is 377 g/mol. The maximum atomic E-state index is 12.7. The molecule has 0 saturated carbocycles. The molecule has 0 aliphatic heterocycles. The Kier molecular flexibility index (Phi) is 3.99. The molecule has 0 fully saturated rings. The Balaban J connectivity index is 3.78. The van der Waals surface area contributed by atoms with Crippen LogP contribution in [0.3, 0.4) is 0 Å². The molecule has 8 heteroatoms. The lowest BCUT2D eigenvalue weighted by atomic mass is 9.97. The standard InChI is InChI=1S/C10H5F6IO/c1-4(18)7-6(17)3-2-5(9(11,12)13)8(7)10(14,15)16/h2-3H,1H3. The quantitative estimate of drug-likeness (QED) is 0.396. The van der Waals surface area contributed by atoms with Crippen LogP contribution in [0.4, 0.5) is 26.3 Å². The number of Topliss-reactive ketones (excluding diaryl/α,β-unsaturated/α-hetero) is 1. The van der Waals surface area contributed by atoms with Crippen LogP contribution in [-0.4, -0.2) is 5.78 Å². The van der Waals surface area contributed by atoms with Gasteiger partial charge in [-0.3, -0.25) is 4.79 Å². The predicted octanol–water partition coefficient (Wildman–Crippen LogP) is 4.53. The van der Waals surface area contributed by atoms with Crippen molar-refractivity contribution in [2.24, 2.45) is 0 Å². The second-order valence-corrected chi connectivity index (χ2v) is 4.56. The van der Waals surface area contributed by atoms with E-state index in [1.165, 1.54) is 22.6 Å². The van der Waals surface area contributed by atoms with Crippen molar-refractivity contribution >= 4 is 28.4 Å². The third kappa shape index (κ3) is 2.96. The molecule has 0 amide bonds. The Labute approximate surface area is 111 Å². The Morgan fingerprint density at radius 2 is 1.56 bits per heavy atom. The first-order valence-electron chi connectivity index (χ1n) is 4.44. The SMILES string of the molecule is CC(=O)c1c(I)ccc(C(F)(F)F)c1C(F)(F)F. The molecule has 0 radical (unpaired) electrons. The number of alkyl halides is 6. The summed E-state index contributed by atoms with van der Waals surface area (Å²) in [5, 5.41) is 0. The second-order valence-electron chi connectivity index (χ2n) is 3.40. The van der Waals surface area contributed by atoms with Crippen LogP contribution in [0, 0.1) is 3.57 Å². The van der Waals surface area contributed by atoms with Gasteiger partial charge in [0.05, 0.1) is 11.1 Å². The normalized spacial score (nSPS) is 12.7. The molecule has 100 valence electrons. The number of hydrogen-bond acceptors (Lipinski definition) is 1. The van der Waals surface area contributed by atoms with Crippen molar-refractivity contribution in [3.63, 3.8) is 0 Å². The first-order valence-corrected chi connectivity index (χ1v) is 5.52. The first kappa shape index (κ1) is 15.3. The maximum Gasteiger partial charge on any atom is 0.417 e. The number of ketones is 1. The number of carbonyl (C=O) groups is 1. The van der Waals surface area contributed by atoms with Crippen LogP contribution in [-0.2, 0) is 12.4 Å². The Morgan fingerprint density at radius 3 is 1.89 bits per heavy atom. The zero-order chi connectivity index (χ0) is 14.3. The average Bonchev–Trinajstić information content (AvgIpc) is 2.12. The van der Waals surface area contributed by atoms with Crippen molar-refractivity contribution < 1.29 is 31.1 Å². The van der Waals surface area contributed by atoms with Gasteiger partial charge in [-0.25, -0.2) is 0 Å². The van der Waals surface area contributed by atoms with Crippen LogP contribution in [0.5, 0.6) is 0 Å². The van der Waals surface area contributed by atoms with Gasteiger partial charge in [-0.2, -0.15) is 26.3 Å². The minimum absolute atomic E-state index is 0.166. The predicted molar refractivity (Wildman–Crippen MR) is 59.2 cm³/mol. The van der Waals surface area contributed by atoms with Gasteiger partial charge in [0.2, 0.25) is 0 Å². The summed E-state index contributed by atoms with van der Waals surface area (Å²) >= 11 is 1.40. The number of hydrogen-bond donors (Lipinski definition) is 0. The fourth-order valence-electron chi connectivity index (χ4n) is 1.45. The van der Waals surface area contributed by atoms with Crippen molar-refractivity contribution in [2.75, 3.05) is 0 Å². The van der Waals surface area contributed by atoms with Crippen LogP contribution in [0.15, 0.2) is 12.1 Å². The lowest BCUT2D eigenvalue weighted by molar-refractivity contribution is -0.162. The molecule has 0 saturated heterocycles. The van der Waals surface area contributed by atoms with E-state index in [0.29, 0.717) is 6.07 Å². The van der Waals surface area contributed by atoms with Crippen molar-refractivity contribution in [1.82, 2.24) is 0 Å². The molecule has 0 aliphatic carbocycles. The molecular formula is C10H5F6IO. The topological polar surface area (TPSA) is 17.1 Å². The van der Waals surface area contributed by atoms with Gasteiger partial charge in [0.15, 0.2) is 5.78 Å². The second kappa shape index (κ2) is 4.71. The van der Waals surface area contributed by atoms with E-state index in [0.717, 1.165) is 13.0 Å². The van der Waals surface area contributed by atoms with Gasteiger partial charge in [-0.05, 0) is 41.6 Å². The third-order valence-corrected chi connectivity index (χ3v) is 2.99. The molecule has 0 unspecified atom stereocenters. The van der Waals surface area contributed by atoms with E-state index < -0.39 is 34.8 Å². The molecule has 18 heavy (non-hydrogen) atoms. The van der Waals surface area contributed by atoms with Gasteiger partial charge < -0.3 is 0 Å². The van der Waals surface area contributed by atoms with E-state index in [1.807, 2.05) is 0 Å². The molecule has 1 nitrogen and oxygen atoms in total. The highest BCUT2D eigenvalue weighted by Crippen LogP contribution is 2.43. The summed E-state index contributed by atoms with van der Waals surface area (Å²) in [5.41, 5.74) is -4.71. The van der Waals surface area contributed by atoms with E-state index in [4.69, 9.17) is 0 Å². The summed E-state index contributed by atoms with van der Waals surface area (Å²) in [4.78, 5) is 11.1. The van der Waals surface area contributed by atoms with Crippen LogP contribution >= 0.6 is 22.6 Å². The number of rotatable bonds is 1. The molecule has 0 aliphatic rings. The molecule has 0 bridgehead atoms. The highest BCUT2D eigenvalue weighted by Gasteiger charge is 2.46. The molecule has 1 rings (SSSR count). The number of carbonyl (C=O) groups excluding carboxylic acids is 1. The van der Waals surface area contributed by atoms with Crippen LogP contribution < -0.4 is 0 Å². The smallest absolute Gasteiger partial charge is 0.294 e. The van der Waals surface area contributed by atoms with Gasteiger partial charge in [0.1, 0.15) is 0 Å². The van der Waals surface area contributed by atoms with E-state index in [9.17, 15) is 31.1 Å². The zero-order valence-electron chi connectivity index (χ0n) is 8.71. The van der Waals surface area contributed by atoms with E-state index in [2.05, 4.69) is 0 Å². The molecule has 0 spiro atoms. The van der Waals surface area contributed by atoms with Gasteiger partial charge >= 0.3 is 12.4 Å². The molecule has 0 aromatic heterocycles. The average molecular weight is 382 g/mol. The Morgan fingerprint density at radius 1 is 1.06 bits per heavy atom. The fourth-order valence-corrected chi connectivity index (χ4v) is 2.28. The molecule has 1 aromatic carbocycles. The minimum atomic E-state index is -5.24. The highest BCUT2D eigenvalue weighted by molar-refractivity contribution is 14.1.